The first-order valence-corrected chi connectivity index (χ1v) is 8.55. The van der Waals surface area contributed by atoms with Crippen molar-refractivity contribution in [3.8, 4) is 5.75 Å². The summed E-state index contributed by atoms with van der Waals surface area (Å²) in [4.78, 5) is 0. The number of hydrogen-bond acceptors (Lipinski definition) is 2. The molecule has 2 heteroatoms. The molecule has 0 amide bonds. The molecule has 4 rings (SSSR count). The summed E-state index contributed by atoms with van der Waals surface area (Å²) in [5.41, 5.74) is 5.09. The molecule has 2 bridgehead atoms. The van der Waals surface area contributed by atoms with Crippen LogP contribution in [0.15, 0.2) is 12.1 Å². The highest BCUT2D eigenvalue weighted by atomic mass is 16.5. The fraction of sp³-hybridized carbons (Fsp3) is 0.684. The first-order chi connectivity index (χ1) is 10.1. The number of methoxy groups -OCH3 is 1. The quantitative estimate of drug-likeness (QED) is 0.851. The molecule has 1 aliphatic heterocycles. The van der Waals surface area contributed by atoms with Crippen LogP contribution in [-0.4, -0.2) is 19.7 Å². The summed E-state index contributed by atoms with van der Waals surface area (Å²) in [6.45, 7) is 5.89. The van der Waals surface area contributed by atoms with Crippen LogP contribution in [0.5, 0.6) is 5.75 Å². The molecule has 1 N–H and O–H groups in total. The molecule has 1 aromatic rings. The van der Waals surface area contributed by atoms with E-state index in [-0.39, 0.29) is 0 Å². The molecule has 1 heterocycles. The molecule has 1 saturated carbocycles. The van der Waals surface area contributed by atoms with E-state index in [0.717, 1.165) is 17.6 Å². The Morgan fingerprint density at radius 3 is 2.95 bits per heavy atom. The Balaban J connectivity index is 1.89. The van der Waals surface area contributed by atoms with Crippen molar-refractivity contribution in [1.29, 1.82) is 0 Å². The maximum atomic E-state index is 5.58. The number of ether oxygens (including phenoxy) is 1. The molecule has 1 unspecified atom stereocenters. The minimum Gasteiger partial charge on any atom is -0.497 e. The highest BCUT2D eigenvalue weighted by molar-refractivity contribution is 5.49. The zero-order valence-electron chi connectivity index (χ0n) is 13.5. The van der Waals surface area contributed by atoms with Gasteiger partial charge in [0.05, 0.1) is 7.11 Å². The van der Waals surface area contributed by atoms with Gasteiger partial charge in [0.15, 0.2) is 0 Å². The van der Waals surface area contributed by atoms with Gasteiger partial charge in [-0.15, -0.1) is 0 Å². The van der Waals surface area contributed by atoms with E-state index in [0.29, 0.717) is 11.5 Å². The van der Waals surface area contributed by atoms with E-state index in [4.69, 9.17) is 4.74 Å². The molecule has 2 nitrogen and oxygen atoms in total. The van der Waals surface area contributed by atoms with Gasteiger partial charge in [-0.25, -0.2) is 0 Å². The average Bonchev–Trinajstić information content (AvgIpc) is 2.48. The maximum Gasteiger partial charge on any atom is 0.119 e. The summed E-state index contributed by atoms with van der Waals surface area (Å²) in [5.74, 6) is 2.77. The van der Waals surface area contributed by atoms with E-state index in [9.17, 15) is 0 Å². The van der Waals surface area contributed by atoms with Gasteiger partial charge in [0.1, 0.15) is 5.75 Å². The maximum absolute atomic E-state index is 5.58. The molecular formula is C19H27NO. The number of fused-ring (bicyclic) bond motifs is 1. The van der Waals surface area contributed by atoms with Crippen LogP contribution in [0.1, 0.15) is 49.3 Å². The van der Waals surface area contributed by atoms with Gasteiger partial charge < -0.3 is 10.1 Å². The molecular weight excluding hydrogens is 258 g/mol. The van der Waals surface area contributed by atoms with Gasteiger partial charge in [-0.1, -0.05) is 6.92 Å². The van der Waals surface area contributed by atoms with Crippen LogP contribution in [-0.2, 0) is 11.8 Å². The van der Waals surface area contributed by atoms with E-state index >= 15 is 0 Å². The standard InChI is InChI=1S/C19H27NO/c1-12-4-5-19-6-7-20-18(17(19)8-12)11-15-13(2)9-14(21-3)10-16(15)19/h9-10,12,17-18,20H,4-8,11H2,1-3H3/t12?,17-,18-,19+/m1/s1. The topological polar surface area (TPSA) is 21.3 Å². The SMILES string of the molecule is COc1cc(C)c2c(c1)[C@]13CCN[C@H](C2)[C@H]1CC(C)CC3. The summed E-state index contributed by atoms with van der Waals surface area (Å²) >= 11 is 0. The Morgan fingerprint density at radius 1 is 1.29 bits per heavy atom. The summed E-state index contributed by atoms with van der Waals surface area (Å²) in [6, 6.07) is 5.28. The first-order valence-electron chi connectivity index (χ1n) is 8.55. The smallest absolute Gasteiger partial charge is 0.119 e. The van der Waals surface area contributed by atoms with Crippen molar-refractivity contribution < 1.29 is 4.74 Å². The second kappa shape index (κ2) is 4.74. The number of rotatable bonds is 1. The van der Waals surface area contributed by atoms with Crippen LogP contribution in [0.2, 0.25) is 0 Å². The highest BCUT2D eigenvalue weighted by Gasteiger charge is 2.52. The summed E-state index contributed by atoms with van der Waals surface area (Å²) in [7, 11) is 1.80. The van der Waals surface area contributed by atoms with Crippen LogP contribution in [0.4, 0.5) is 0 Å². The fourth-order valence-corrected chi connectivity index (χ4v) is 5.47. The average molecular weight is 285 g/mol. The van der Waals surface area contributed by atoms with Gasteiger partial charge in [-0.05, 0) is 86.2 Å². The molecule has 0 spiro atoms. The van der Waals surface area contributed by atoms with E-state index in [1.807, 2.05) is 0 Å². The van der Waals surface area contributed by atoms with Crippen LogP contribution in [0.25, 0.3) is 0 Å². The van der Waals surface area contributed by atoms with Crippen LogP contribution in [0, 0.1) is 18.8 Å². The number of benzene rings is 1. The molecule has 1 aromatic carbocycles. The van der Waals surface area contributed by atoms with E-state index in [1.54, 1.807) is 18.2 Å². The monoisotopic (exact) mass is 285 g/mol. The highest BCUT2D eigenvalue weighted by Crippen LogP contribution is 2.55. The molecule has 21 heavy (non-hydrogen) atoms. The number of hydrogen-bond donors (Lipinski definition) is 1. The van der Waals surface area contributed by atoms with E-state index < -0.39 is 0 Å². The third-order valence-electron chi connectivity index (χ3n) is 6.56. The molecule has 4 atom stereocenters. The lowest BCUT2D eigenvalue weighted by molar-refractivity contribution is 0.0566. The second-order valence-electron chi connectivity index (χ2n) is 7.63. The van der Waals surface area contributed by atoms with Crippen molar-refractivity contribution in [2.45, 2.75) is 57.4 Å². The Bertz CT molecular complexity index is 567. The zero-order valence-corrected chi connectivity index (χ0v) is 13.5. The largest absolute Gasteiger partial charge is 0.497 e. The van der Waals surface area contributed by atoms with Crippen molar-refractivity contribution in [1.82, 2.24) is 5.32 Å². The van der Waals surface area contributed by atoms with Gasteiger partial charge in [0, 0.05) is 11.5 Å². The van der Waals surface area contributed by atoms with Crippen molar-refractivity contribution in [2.24, 2.45) is 11.8 Å². The van der Waals surface area contributed by atoms with E-state index in [2.05, 4.69) is 31.3 Å². The molecule has 2 aliphatic carbocycles. The molecule has 0 aromatic heterocycles. The van der Waals surface area contributed by atoms with Crippen molar-refractivity contribution >= 4 is 0 Å². The summed E-state index contributed by atoms with van der Waals surface area (Å²) < 4.78 is 5.58. The van der Waals surface area contributed by atoms with Gasteiger partial charge in [-0.2, -0.15) is 0 Å². The van der Waals surface area contributed by atoms with Crippen LogP contribution < -0.4 is 10.1 Å². The Hall–Kier alpha value is -1.02. The predicted octanol–water partition coefficient (Wildman–Crippen LogP) is 3.60. The first kappa shape index (κ1) is 13.6. The minimum absolute atomic E-state index is 0.426. The Labute approximate surface area is 128 Å². The zero-order chi connectivity index (χ0) is 14.6. The number of piperidine rings is 1. The van der Waals surface area contributed by atoms with Crippen LogP contribution >= 0.6 is 0 Å². The fourth-order valence-electron chi connectivity index (χ4n) is 5.47. The van der Waals surface area contributed by atoms with E-state index in [1.165, 1.54) is 44.2 Å². The summed E-state index contributed by atoms with van der Waals surface area (Å²) in [5, 5.41) is 3.83. The normalized spacial score (nSPS) is 37.6. The van der Waals surface area contributed by atoms with Crippen molar-refractivity contribution in [3.05, 3.63) is 28.8 Å². The van der Waals surface area contributed by atoms with Crippen molar-refractivity contribution in [2.75, 3.05) is 13.7 Å². The number of aryl methyl sites for hydroxylation is 1. The molecule has 0 radical (unpaired) electrons. The van der Waals surface area contributed by atoms with Gasteiger partial charge in [0.2, 0.25) is 0 Å². The molecule has 2 fully saturated rings. The van der Waals surface area contributed by atoms with Gasteiger partial charge in [-0.3, -0.25) is 0 Å². The predicted molar refractivity (Wildman–Crippen MR) is 86.0 cm³/mol. The van der Waals surface area contributed by atoms with Crippen molar-refractivity contribution in [3.63, 3.8) is 0 Å². The Kier molecular flexibility index (Phi) is 3.08. The minimum atomic E-state index is 0.426. The third-order valence-corrected chi connectivity index (χ3v) is 6.56. The van der Waals surface area contributed by atoms with Crippen LogP contribution in [0.3, 0.4) is 0 Å². The number of nitrogens with one attached hydrogen (secondary N) is 1. The summed E-state index contributed by atoms with van der Waals surface area (Å²) in [6.07, 6.45) is 6.67. The van der Waals surface area contributed by atoms with Gasteiger partial charge in [0.25, 0.3) is 0 Å². The van der Waals surface area contributed by atoms with Gasteiger partial charge >= 0.3 is 0 Å². The Morgan fingerprint density at radius 2 is 2.14 bits per heavy atom. The lowest BCUT2D eigenvalue weighted by Crippen LogP contribution is -2.60. The lowest BCUT2D eigenvalue weighted by atomic mass is 9.51. The third kappa shape index (κ3) is 1.88. The molecule has 114 valence electrons. The second-order valence-corrected chi connectivity index (χ2v) is 7.63. The molecule has 1 saturated heterocycles. The lowest BCUT2D eigenvalue weighted by Gasteiger charge is -2.57. The molecule has 3 aliphatic rings.